The third kappa shape index (κ3) is 3.25. The zero-order valence-corrected chi connectivity index (χ0v) is 13.4. The summed E-state index contributed by atoms with van der Waals surface area (Å²) in [5, 5.41) is 13.0. The summed E-state index contributed by atoms with van der Waals surface area (Å²) in [6.07, 6.45) is -0.127. The molecule has 2 aromatic heterocycles. The SMILES string of the molecule is Cc1nc(C(=O)N2CCOC(c3ccsc3)C2)ccc1C(=O)O. The number of aryl methyl sites for hydroxylation is 1. The van der Waals surface area contributed by atoms with Crippen molar-refractivity contribution in [1.82, 2.24) is 9.88 Å². The first-order valence-electron chi connectivity index (χ1n) is 7.20. The first-order valence-corrected chi connectivity index (χ1v) is 8.14. The maximum Gasteiger partial charge on any atom is 0.337 e. The van der Waals surface area contributed by atoms with Crippen LogP contribution in [0.1, 0.15) is 38.2 Å². The lowest BCUT2D eigenvalue weighted by Gasteiger charge is -2.32. The van der Waals surface area contributed by atoms with Gasteiger partial charge < -0.3 is 14.7 Å². The molecule has 0 spiro atoms. The number of carboxylic acid groups (broad SMARTS) is 1. The van der Waals surface area contributed by atoms with E-state index in [1.165, 1.54) is 12.1 Å². The van der Waals surface area contributed by atoms with Gasteiger partial charge in [-0.3, -0.25) is 4.79 Å². The van der Waals surface area contributed by atoms with Crippen LogP contribution < -0.4 is 0 Å². The number of carbonyl (C=O) groups excluding carboxylic acids is 1. The van der Waals surface area contributed by atoms with Crippen LogP contribution in [0.25, 0.3) is 0 Å². The van der Waals surface area contributed by atoms with Crippen molar-refractivity contribution < 1.29 is 19.4 Å². The molecule has 1 fully saturated rings. The lowest BCUT2D eigenvalue weighted by atomic mass is 10.1. The summed E-state index contributed by atoms with van der Waals surface area (Å²) in [6.45, 7) is 3.03. The maximum atomic E-state index is 12.6. The molecule has 1 aliphatic heterocycles. The Kier molecular flexibility index (Phi) is 4.40. The van der Waals surface area contributed by atoms with E-state index in [4.69, 9.17) is 9.84 Å². The van der Waals surface area contributed by atoms with Crippen LogP contribution in [0.2, 0.25) is 0 Å². The Morgan fingerprint density at radius 2 is 2.22 bits per heavy atom. The minimum atomic E-state index is -1.04. The number of aromatic carboxylic acids is 1. The Labute approximate surface area is 137 Å². The van der Waals surface area contributed by atoms with E-state index >= 15 is 0 Å². The molecule has 1 unspecified atom stereocenters. The van der Waals surface area contributed by atoms with Gasteiger partial charge in [-0.05, 0) is 41.4 Å². The van der Waals surface area contributed by atoms with Crippen LogP contribution in [0.15, 0.2) is 29.0 Å². The molecule has 23 heavy (non-hydrogen) atoms. The molecule has 3 heterocycles. The second-order valence-corrected chi connectivity index (χ2v) is 6.08. The summed E-state index contributed by atoms with van der Waals surface area (Å²) in [4.78, 5) is 29.5. The van der Waals surface area contributed by atoms with Gasteiger partial charge in [-0.1, -0.05) is 0 Å². The Hall–Kier alpha value is -2.25. The van der Waals surface area contributed by atoms with E-state index in [0.29, 0.717) is 25.4 Å². The Balaban J connectivity index is 1.77. The van der Waals surface area contributed by atoms with Crippen molar-refractivity contribution in [3.05, 3.63) is 51.5 Å². The summed E-state index contributed by atoms with van der Waals surface area (Å²) in [6, 6.07) is 4.88. The van der Waals surface area contributed by atoms with Gasteiger partial charge in [-0.2, -0.15) is 11.3 Å². The summed E-state index contributed by atoms with van der Waals surface area (Å²) in [5.41, 5.74) is 1.78. The van der Waals surface area contributed by atoms with Crippen LogP contribution in [0, 0.1) is 6.92 Å². The van der Waals surface area contributed by atoms with Gasteiger partial charge in [0, 0.05) is 6.54 Å². The van der Waals surface area contributed by atoms with E-state index in [2.05, 4.69) is 4.98 Å². The van der Waals surface area contributed by atoms with Crippen molar-refractivity contribution in [2.75, 3.05) is 19.7 Å². The maximum absolute atomic E-state index is 12.6. The van der Waals surface area contributed by atoms with E-state index in [-0.39, 0.29) is 23.3 Å². The predicted molar refractivity (Wildman–Crippen MR) is 84.8 cm³/mol. The van der Waals surface area contributed by atoms with Gasteiger partial charge >= 0.3 is 5.97 Å². The highest BCUT2D eigenvalue weighted by molar-refractivity contribution is 7.07. The van der Waals surface area contributed by atoms with Crippen LogP contribution >= 0.6 is 11.3 Å². The van der Waals surface area contributed by atoms with Gasteiger partial charge in [0.15, 0.2) is 0 Å². The van der Waals surface area contributed by atoms with E-state index < -0.39 is 5.97 Å². The number of ether oxygens (including phenoxy) is 1. The molecule has 1 amide bonds. The number of hydrogen-bond donors (Lipinski definition) is 1. The quantitative estimate of drug-likeness (QED) is 0.933. The molecule has 0 aromatic carbocycles. The molecule has 1 atom stereocenters. The summed E-state index contributed by atoms with van der Waals surface area (Å²) >= 11 is 1.59. The first-order chi connectivity index (χ1) is 11.1. The number of aromatic nitrogens is 1. The van der Waals surface area contributed by atoms with E-state index in [1.54, 1.807) is 23.2 Å². The molecule has 0 saturated carbocycles. The monoisotopic (exact) mass is 332 g/mol. The first kappa shape index (κ1) is 15.6. The number of amides is 1. The van der Waals surface area contributed by atoms with Crippen molar-refractivity contribution in [3.8, 4) is 0 Å². The van der Waals surface area contributed by atoms with E-state index in [9.17, 15) is 9.59 Å². The van der Waals surface area contributed by atoms with Crippen molar-refractivity contribution in [3.63, 3.8) is 0 Å². The van der Waals surface area contributed by atoms with Gasteiger partial charge in [-0.25, -0.2) is 9.78 Å². The molecule has 2 aromatic rings. The Morgan fingerprint density at radius 1 is 1.39 bits per heavy atom. The molecule has 0 radical (unpaired) electrons. The van der Waals surface area contributed by atoms with Crippen LogP contribution in [-0.2, 0) is 4.74 Å². The standard InChI is InChI=1S/C16H16N2O4S/c1-10-12(16(20)21)2-3-13(17-10)15(19)18-5-6-22-14(8-18)11-4-7-23-9-11/h2-4,7,9,14H,5-6,8H2,1H3,(H,20,21). The Bertz CT molecular complexity index is 730. The van der Waals surface area contributed by atoms with Gasteiger partial charge in [0.2, 0.25) is 0 Å². The highest BCUT2D eigenvalue weighted by Crippen LogP contribution is 2.25. The molecule has 7 heteroatoms. The number of thiophene rings is 1. The van der Waals surface area contributed by atoms with Gasteiger partial charge in [0.25, 0.3) is 5.91 Å². The lowest BCUT2D eigenvalue weighted by Crippen LogP contribution is -2.42. The van der Waals surface area contributed by atoms with Crippen molar-refractivity contribution in [2.24, 2.45) is 0 Å². The third-order valence-electron chi connectivity index (χ3n) is 3.80. The number of pyridine rings is 1. The number of carboxylic acids is 1. The fourth-order valence-corrected chi connectivity index (χ4v) is 3.26. The molecule has 3 rings (SSSR count). The molecule has 0 aliphatic carbocycles. The second-order valence-electron chi connectivity index (χ2n) is 5.30. The minimum absolute atomic E-state index is 0.111. The summed E-state index contributed by atoms with van der Waals surface area (Å²) < 4.78 is 5.73. The second kappa shape index (κ2) is 6.47. The molecular weight excluding hydrogens is 316 g/mol. The van der Waals surface area contributed by atoms with Crippen LogP contribution in [0.4, 0.5) is 0 Å². The molecule has 6 nitrogen and oxygen atoms in total. The lowest BCUT2D eigenvalue weighted by molar-refractivity contribution is -0.0228. The average molecular weight is 332 g/mol. The van der Waals surface area contributed by atoms with Gasteiger partial charge in [0.1, 0.15) is 11.8 Å². The number of rotatable bonds is 3. The number of carbonyl (C=O) groups is 2. The highest BCUT2D eigenvalue weighted by Gasteiger charge is 2.27. The van der Waals surface area contributed by atoms with Crippen molar-refractivity contribution in [2.45, 2.75) is 13.0 Å². The molecule has 120 valence electrons. The average Bonchev–Trinajstić information content (AvgIpc) is 3.08. The normalized spacial score (nSPS) is 18.0. The summed E-state index contributed by atoms with van der Waals surface area (Å²) in [7, 11) is 0. The van der Waals surface area contributed by atoms with Crippen LogP contribution in [0.3, 0.4) is 0 Å². The molecular formula is C16H16N2O4S. The topological polar surface area (TPSA) is 79.7 Å². The molecule has 1 saturated heterocycles. The smallest absolute Gasteiger partial charge is 0.337 e. The van der Waals surface area contributed by atoms with E-state index in [0.717, 1.165) is 5.56 Å². The number of morpholine rings is 1. The van der Waals surface area contributed by atoms with Gasteiger partial charge in [0.05, 0.1) is 24.4 Å². The number of nitrogens with zero attached hydrogens (tertiary/aromatic N) is 2. The fourth-order valence-electron chi connectivity index (χ4n) is 2.56. The zero-order valence-electron chi connectivity index (χ0n) is 12.6. The molecule has 0 bridgehead atoms. The van der Waals surface area contributed by atoms with Crippen molar-refractivity contribution in [1.29, 1.82) is 0 Å². The fraction of sp³-hybridized carbons (Fsp3) is 0.312. The predicted octanol–water partition coefficient (Wildman–Crippen LogP) is 2.36. The van der Waals surface area contributed by atoms with Gasteiger partial charge in [-0.15, -0.1) is 0 Å². The zero-order chi connectivity index (χ0) is 16.4. The van der Waals surface area contributed by atoms with Crippen molar-refractivity contribution >= 4 is 23.2 Å². The highest BCUT2D eigenvalue weighted by atomic mass is 32.1. The molecule has 1 N–H and O–H groups in total. The van der Waals surface area contributed by atoms with Crippen LogP contribution in [0.5, 0.6) is 0 Å². The largest absolute Gasteiger partial charge is 0.478 e. The third-order valence-corrected chi connectivity index (χ3v) is 4.51. The molecule has 1 aliphatic rings. The van der Waals surface area contributed by atoms with E-state index in [1.807, 2.05) is 16.8 Å². The van der Waals surface area contributed by atoms with Crippen LogP contribution in [-0.4, -0.2) is 46.6 Å². The summed E-state index contributed by atoms with van der Waals surface area (Å²) in [5.74, 6) is -1.24. The minimum Gasteiger partial charge on any atom is -0.478 e. The Morgan fingerprint density at radius 3 is 2.87 bits per heavy atom. The number of hydrogen-bond acceptors (Lipinski definition) is 5.